The van der Waals surface area contributed by atoms with Crippen molar-refractivity contribution in [3.63, 3.8) is 0 Å². The van der Waals surface area contributed by atoms with Crippen LogP contribution in [0.25, 0.3) is 0 Å². The van der Waals surface area contributed by atoms with Gasteiger partial charge in [0.25, 0.3) is 0 Å². The number of carbonyl (C=O) groups excluding carboxylic acids is 1. The van der Waals surface area contributed by atoms with E-state index < -0.39 is 5.60 Å². The number of benzene rings is 1. The molecule has 104 valence electrons. The molecule has 1 heterocycles. The number of likely N-dealkylation sites (tertiary alicyclic amines) is 1. The Morgan fingerprint density at radius 2 is 2.16 bits per heavy atom. The molecule has 1 aromatic rings. The number of rotatable bonds is 5. The molecule has 0 spiro atoms. The number of carbonyl (C=O) groups is 1. The summed E-state index contributed by atoms with van der Waals surface area (Å²) in [6.45, 7) is 5.61. The second-order valence-corrected chi connectivity index (χ2v) is 5.31. The van der Waals surface area contributed by atoms with Crippen LogP contribution in [0.15, 0.2) is 18.2 Å². The Morgan fingerprint density at radius 3 is 2.68 bits per heavy atom. The van der Waals surface area contributed by atoms with Gasteiger partial charge in [-0.2, -0.15) is 0 Å². The lowest BCUT2D eigenvalue weighted by molar-refractivity contribution is -0.103. The summed E-state index contributed by atoms with van der Waals surface area (Å²) in [4.78, 5) is 13.6. The molecule has 4 heteroatoms. The molecular weight excluding hydrogens is 242 g/mol. The first kappa shape index (κ1) is 14.0. The van der Waals surface area contributed by atoms with Crippen molar-refractivity contribution in [1.82, 2.24) is 4.90 Å². The molecule has 1 aromatic carbocycles. The van der Waals surface area contributed by atoms with Crippen molar-refractivity contribution in [2.24, 2.45) is 0 Å². The number of ether oxygens (including phenoxy) is 1. The van der Waals surface area contributed by atoms with Gasteiger partial charge >= 0.3 is 0 Å². The molecule has 2 rings (SSSR count). The van der Waals surface area contributed by atoms with Crippen molar-refractivity contribution in [2.45, 2.75) is 32.4 Å². The smallest absolute Gasteiger partial charge is 0.159 e. The van der Waals surface area contributed by atoms with Crippen molar-refractivity contribution in [3.05, 3.63) is 29.3 Å². The molecule has 0 amide bonds. The van der Waals surface area contributed by atoms with E-state index in [1.165, 1.54) is 0 Å². The van der Waals surface area contributed by atoms with E-state index in [0.717, 1.165) is 17.7 Å². The summed E-state index contributed by atoms with van der Waals surface area (Å²) in [7, 11) is 1.63. The number of Topliss-reactive ketones (excluding diaryl/α,β-unsaturated/α-hetero) is 1. The average Bonchev–Trinajstić information content (AvgIpc) is 2.36. The standard InChI is InChI=1S/C15H21NO3/c1-4-15(18)9-16(10-15)8-13-7-12(11(2)17)5-6-14(13)19-3/h5-7,18H,4,8-10H2,1-3H3. The molecule has 1 aliphatic rings. The van der Waals surface area contributed by atoms with Crippen molar-refractivity contribution in [3.8, 4) is 5.75 Å². The van der Waals surface area contributed by atoms with Crippen LogP contribution in [0.5, 0.6) is 5.75 Å². The summed E-state index contributed by atoms with van der Waals surface area (Å²) in [6.07, 6.45) is 0.772. The van der Waals surface area contributed by atoms with Crippen molar-refractivity contribution >= 4 is 5.78 Å². The van der Waals surface area contributed by atoms with E-state index in [1.807, 2.05) is 19.1 Å². The lowest BCUT2D eigenvalue weighted by Gasteiger charge is -2.46. The minimum absolute atomic E-state index is 0.0533. The molecule has 0 saturated carbocycles. The second-order valence-electron chi connectivity index (χ2n) is 5.31. The molecule has 1 N–H and O–H groups in total. The molecular formula is C15H21NO3. The topological polar surface area (TPSA) is 49.8 Å². The van der Waals surface area contributed by atoms with E-state index >= 15 is 0 Å². The molecule has 1 aliphatic heterocycles. The third-order valence-electron chi connectivity index (χ3n) is 3.77. The van der Waals surface area contributed by atoms with E-state index in [1.54, 1.807) is 20.1 Å². The monoisotopic (exact) mass is 263 g/mol. The molecule has 4 nitrogen and oxygen atoms in total. The summed E-state index contributed by atoms with van der Waals surface area (Å²) in [5, 5.41) is 10.0. The quantitative estimate of drug-likeness (QED) is 0.824. The van der Waals surface area contributed by atoms with Crippen LogP contribution in [0.4, 0.5) is 0 Å². The average molecular weight is 263 g/mol. The molecule has 0 radical (unpaired) electrons. The van der Waals surface area contributed by atoms with Gasteiger partial charge < -0.3 is 9.84 Å². The van der Waals surface area contributed by atoms with Gasteiger partial charge in [-0.3, -0.25) is 9.69 Å². The Balaban J connectivity index is 2.11. The maximum Gasteiger partial charge on any atom is 0.159 e. The van der Waals surface area contributed by atoms with Gasteiger partial charge in [0.2, 0.25) is 0 Å². The molecule has 0 atom stereocenters. The van der Waals surface area contributed by atoms with E-state index in [-0.39, 0.29) is 5.78 Å². The molecule has 0 aliphatic carbocycles. The van der Waals surface area contributed by atoms with Crippen LogP contribution in [-0.4, -0.2) is 41.6 Å². The normalized spacial score (nSPS) is 17.9. The maximum absolute atomic E-state index is 11.4. The predicted molar refractivity (Wildman–Crippen MR) is 73.5 cm³/mol. The lowest BCUT2D eigenvalue weighted by Crippen LogP contribution is -2.60. The van der Waals surface area contributed by atoms with E-state index in [2.05, 4.69) is 4.90 Å². The van der Waals surface area contributed by atoms with Gasteiger partial charge in [-0.1, -0.05) is 6.92 Å². The van der Waals surface area contributed by atoms with Crippen LogP contribution in [0, 0.1) is 0 Å². The predicted octanol–water partition coefficient (Wildman–Crippen LogP) is 1.85. The second kappa shape index (κ2) is 5.31. The Kier molecular flexibility index (Phi) is 3.92. The molecule has 0 unspecified atom stereocenters. The number of nitrogens with zero attached hydrogens (tertiary/aromatic N) is 1. The third-order valence-corrected chi connectivity index (χ3v) is 3.77. The Bertz CT molecular complexity index is 478. The summed E-state index contributed by atoms with van der Waals surface area (Å²) in [5.74, 6) is 0.842. The summed E-state index contributed by atoms with van der Waals surface area (Å²) >= 11 is 0. The summed E-state index contributed by atoms with van der Waals surface area (Å²) < 4.78 is 5.33. The minimum Gasteiger partial charge on any atom is -0.496 e. The first-order chi connectivity index (χ1) is 8.97. The summed E-state index contributed by atoms with van der Waals surface area (Å²) in [6, 6.07) is 5.49. The molecule has 1 fully saturated rings. The highest BCUT2D eigenvalue weighted by molar-refractivity contribution is 5.94. The summed E-state index contributed by atoms with van der Waals surface area (Å²) in [5.41, 5.74) is 1.15. The lowest BCUT2D eigenvalue weighted by atomic mass is 9.90. The first-order valence-corrected chi connectivity index (χ1v) is 6.60. The largest absolute Gasteiger partial charge is 0.496 e. The van der Waals surface area contributed by atoms with Gasteiger partial charge in [-0.15, -0.1) is 0 Å². The van der Waals surface area contributed by atoms with Gasteiger partial charge in [-0.05, 0) is 31.5 Å². The highest BCUT2D eigenvalue weighted by Crippen LogP contribution is 2.29. The number of ketones is 1. The third kappa shape index (κ3) is 2.96. The Labute approximate surface area is 114 Å². The van der Waals surface area contributed by atoms with Gasteiger partial charge in [0.15, 0.2) is 5.78 Å². The first-order valence-electron chi connectivity index (χ1n) is 6.60. The van der Waals surface area contributed by atoms with E-state index in [4.69, 9.17) is 4.74 Å². The Morgan fingerprint density at radius 1 is 1.47 bits per heavy atom. The SMILES string of the molecule is CCC1(O)CN(Cc2cc(C(C)=O)ccc2OC)C1. The Hall–Kier alpha value is -1.39. The van der Waals surface area contributed by atoms with Crippen molar-refractivity contribution in [2.75, 3.05) is 20.2 Å². The molecule has 19 heavy (non-hydrogen) atoms. The van der Waals surface area contributed by atoms with Crippen LogP contribution >= 0.6 is 0 Å². The zero-order valence-electron chi connectivity index (χ0n) is 11.8. The van der Waals surface area contributed by atoms with Crippen LogP contribution < -0.4 is 4.74 Å². The molecule has 1 saturated heterocycles. The maximum atomic E-state index is 11.4. The van der Waals surface area contributed by atoms with Gasteiger partial charge in [-0.25, -0.2) is 0 Å². The van der Waals surface area contributed by atoms with Gasteiger partial charge in [0, 0.05) is 30.8 Å². The van der Waals surface area contributed by atoms with Crippen LogP contribution in [0.1, 0.15) is 36.2 Å². The zero-order chi connectivity index (χ0) is 14.0. The van der Waals surface area contributed by atoms with Crippen molar-refractivity contribution in [1.29, 1.82) is 0 Å². The number of hydrogen-bond acceptors (Lipinski definition) is 4. The minimum atomic E-state index is -0.536. The molecule has 0 aromatic heterocycles. The highest BCUT2D eigenvalue weighted by Gasteiger charge is 2.39. The number of hydrogen-bond donors (Lipinski definition) is 1. The zero-order valence-corrected chi connectivity index (χ0v) is 11.8. The fraction of sp³-hybridized carbons (Fsp3) is 0.533. The van der Waals surface area contributed by atoms with E-state index in [0.29, 0.717) is 25.2 Å². The number of methoxy groups -OCH3 is 1. The van der Waals surface area contributed by atoms with Gasteiger partial charge in [0.1, 0.15) is 5.75 Å². The van der Waals surface area contributed by atoms with Crippen LogP contribution in [0.2, 0.25) is 0 Å². The van der Waals surface area contributed by atoms with Crippen molar-refractivity contribution < 1.29 is 14.6 Å². The van der Waals surface area contributed by atoms with Gasteiger partial charge in [0.05, 0.1) is 12.7 Å². The van der Waals surface area contributed by atoms with E-state index in [9.17, 15) is 9.90 Å². The molecule has 0 bridgehead atoms. The van der Waals surface area contributed by atoms with Crippen LogP contribution in [0.3, 0.4) is 0 Å². The highest BCUT2D eigenvalue weighted by atomic mass is 16.5. The fourth-order valence-corrected chi connectivity index (χ4v) is 2.48. The van der Waals surface area contributed by atoms with Crippen LogP contribution in [-0.2, 0) is 6.54 Å². The number of aliphatic hydroxyl groups is 1. The fourth-order valence-electron chi connectivity index (χ4n) is 2.48. The number of β-amino-alcohol motifs (C(OH)–C–C–N with tert-alkyl or cyclic N) is 1.